The predicted molar refractivity (Wildman–Crippen MR) is 114 cm³/mol. The maximum Gasteiger partial charge on any atom is 0.335 e. The monoisotopic (exact) mass is 415 g/mol. The molecule has 0 unspecified atom stereocenters. The zero-order valence-corrected chi connectivity index (χ0v) is 16.2. The van der Waals surface area contributed by atoms with Gasteiger partial charge in [0.1, 0.15) is 17.3 Å². The molecule has 5 rings (SSSR count). The standard InChI is InChI=1S/C22H13N3O4S/c26-20-17(12-15-7-4-10-29-15)23-19(13-5-2-1-3-6-13)25(20)22-24-16-9-8-14(21(27)28)11-18(16)30-22/h1-12H,(H,27,28). The summed E-state index contributed by atoms with van der Waals surface area (Å²) < 4.78 is 6.00. The number of benzene rings is 2. The first-order valence-corrected chi connectivity index (χ1v) is 9.79. The number of anilines is 1. The highest BCUT2D eigenvalue weighted by molar-refractivity contribution is 7.22. The first-order chi connectivity index (χ1) is 14.6. The topological polar surface area (TPSA) is 96.0 Å². The number of thiazole rings is 1. The molecule has 2 aromatic carbocycles. The highest BCUT2D eigenvalue weighted by atomic mass is 32.1. The SMILES string of the molecule is O=C(O)c1ccc2nc(N3C(=O)C(=Cc4ccco4)N=C3c3ccccc3)sc2c1. The lowest BCUT2D eigenvalue weighted by Crippen LogP contribution is -2.32. The number of rotatable bonds is 4. The highest BCUT2D eigenvalue weighted by Crippen LogP contribution is 2.34. The molecule has 4 aromatic rings. The third kappa shape index (κ3) is 3.09. The average molecular weight is 415 g/mol. The minimum Gasteiger partial charge on any atom is -0.478 e. The summed E-state index contributed by atoms with van der Waals surface area (Å²) >= 11 is 1.24. The van der Waals surface area contributed by atoms with Crippen molar-refractivity contribution in [3.05, 3.63) is 89.5 Å². The van der Waals surface area contributed by atoms with Crippen LogP contribution < -0.4 is 4.90 Å². The van der Waals surface area contributed by atoms with Crippen molar-refractivity contribution < 1.29 is 19.1 Å². The van der Waals surface area contributed by atoms with Gasteiger partial charge < -0.3 is 9.52 Å². The van der Waals surface area contributed by atoms with Gasteiger partial charge in [-0.05, 0) is 30.3 Å². The molecule has 7 nitrogen and oxygen atoms in total. The Hall–Kier alpha value is -4.04. The van der Waals surface area contributed by atoms with E-state index in [0.29, 0.717) is 26.9 Å². The molecule has 0 aliphatic carbocycles. The summed E-state index contributed by atoms with van der Waals surface area (Å²) in [6, 6.07) is 17.5. The number of fused-ring (bicyclic) bond motifs is 1. The van der Waals surface area contributed by atoms with Crippen LogP contribution >= 0.6 is 11.3 Å². The third-order valence-corrected chi connectivity index (χ3v) is 5.53. The minimum atomic E-state index is -1.01. The molecule has 1 aliphatic heterocycles. The van der Waals surface area contributed by atoms with E-state index in [2.05, 4.69) is 9.98 Å². The molecule has 146 valence electrons. The lowest BCUT2D eigenvalue weighted by Gasteiger charge is -2.14. The highest BCUT2D eigenvalue weighted by Gasteiger charge is 2.34. The Morgan fingerprint density at radius 1 is 1.10 bits per heavy atom. The van der Waals surface area contributed by atoms with Gasteiger partial charge in [0.05, 0.1) is 22.0 Å². The first kappa shape index (κ1) is 18.0. The number of carboxylic acid groups (broad SMARTS) is 1. The van der Waals surface area contributed by atoms with E-state index in [4.69, 9.17) is 4.42 Å². The molecule has 0 saturated carbocycles. The van der Waals surface area contributed by atoms with E-state index in [1.165, 1.54) is 28.6 Å². The quantitative estimate of drug-likeness (QED) is 0.498. The van der Waals surface area contributed by atoms with E-state index in [9.17, 15) is 14.7 Å². The number of hydrogen-bond acceptors (Lipinski definition) is 6. The molecule has 1 aliphatic rings. The summed E-state index contributed by atoms with van der Waals surface area (Å²) in [6.45, 7) is 0. The van der Waals surface area contributed by atoms with Gasteiger partial charge in [0, 0.05) is 11.6 Å². The molecule has 0 spiro atoms. The molecule has 0 atom stereocenters. The van der Waals surface area contributed by atoms with Crippen molar-refractivity contribution >= 4 is 50.5 Å². The summed E-state index contributed by atoms with van der Waals surface area (Å²) in [7, 11) is 0. The summed E-state index contributed by atoms with van der Waals surface area (Å²) in [5.41, 5.74) is 1.78. The molecule has 30 heavy (non-hydrogen) atoms. The molecule has 0 bridgehead atoms. The van der Waals surface area contributed by atoms with Gasteiger partial charge in [-0.1, -0.05) is 41.7 Å². The summed E-state index contributed by atoms with van der Waals surface area (Å²) in [5.74, 6) is -0.371. The Bertz CT molecular complexity index is 1340. The molecule has 3 heterocycles. The molecule has 1 N–H and O–H groups in total. The van der Waals surface area contributed by atoms with E-state index in [-0.39, 0.29) is 17.2 Å². The zero-order chi connectivity index (χ0) is 20.7. The van der Waals surface area contributed by atoms with Crippen molar-refractivity contribution in [2.45, 2.75) is 0 Å². The number of furan rings is 1. The number of aliphatic imine (C=N–C) groups is 1. The third-order valence-electron chi connectivity index (χ3n) is 4.53. The number of nitrogens with zero attached hydrogens (tertiary/aromatic N) is 3. The lowest BCUT2D eigenvalue weighted by atomic mass is 10.2. The van der Waals surface area contributed by atoms with Crippen LogP contribution in [0, 0.1) is 0 Å². The number of aromatic nitrogens is 1. The predicted octanol–water partition coefficient (Wildman–Crippen LogP) is 4.42. The molecule has 0 fully saturated rings. The molecule has 1 amide bonds. The van der Waals surface area contributed by atoms with Crippen molar-refractivity contribution in [1.29, 1.82) is 0 Å². The lowest BCUT2D eigenvalue weighted by molar-refractivity contribution is -0.113. The van der Waals surface area contributed by atoms with Gasteiger partial charge in [0.2, 0.25) is 0 Å². The number of aromatic carboxylic acids is 1. The van der Waals surface area contributed by atoms with Crippen LogP contribution in [-0.2, 0) is 4.79 Å². The van der Waals surface area contributed by atoms with Gasteiger partial charge in [-0.3, -0.25) is 4.79 Å². The van der Waals surface area contributed by atoms with Crippen molar-refractivity contribution in [2.24, 2.45) is 4.99 Å². The fourth-order valence-electron chi connectivity index (χ4n) is 3.12. The van der Waals surface area contributed by atoms with Gasteiger partial charge in [0.25, 0.3) is 5.91 Å². The number of carboxylic acids is 1. The normalized spacial score (nSPS) is 15.2. The Kier molecular flexibility index (Phi) is 4.26. The smallest absolute Gasteiger partial charge is 0.335 e. The number of carbonyl (C=O) groups is 2. The molecule has 8 heteroatoms. The average Bonchev–Trinajstić information content (AvgIpc) is 3.48. The van der Waals surface area contributed by atoms with Crippen molar-refractivity contribution in [1.82, 2.24) is 4.98 Å². The van der Waals surface area contributed by atoms with Gasteiger partial charge in [-0.15, -0.1) is 0 Å². The molecular formula is C22H13N3O4S. The molecular weight excluding hydrogens is 402 g/mol. The van der Waals surface area contributed by atoms with Crippen molar-refractivity contribution in [3.63, 3.8) is 0 Å². The second kappa shape index (κ2) is 7.09. The molecule has 2 aromatic heterocycles. The second-order valence-electron chi connectivity index (χ2n) is 6.47. The van der Waals surface area contributed by atoms with Gasteiger partial charge >= 0.3 is 5.97 Å². The van der Waals surface area contributed by atoms with Crippen LogP contribution in [0.3, 0.4) is 0 Å². The Balaban J connectivity index is 1.63. The minimum absolute atomic E-state index is 0.167. The van der Waals surface area contributed by atoms with Crippen molar-refractivity contribution in [2.75, 3.05) is 4.90 Å². The number of hydrogen-bond donors (Lipinski definition) is 1. The molecule has 0 saturated heterocycles. The van der Waals surface area contributed by atoms with E-state index in [0.717, 1.165) is 5.56 Å². The summed E-state index contributed by atoms with van der Waals surface area (Å²) in [6.07, 6.45) is 3.11. The van der Waals surface area contributed by atoms with E-state index in [1.807, 2.05) is 30.3 Å². The van der Waals surface area contributed by atoms with E-state index >= 15 is 0 Å². The van der Waals surface area contributed by atoms with Gasteiger partial charge in [-0.25, -0.2) is 19.7 Å². The first-order valence-electron chi connectivity index (χ1n) is 8.98. The fraction of sp³-hybridized carbons (Fsp3) is 0. The summed E-state index contributed by atoms with van der Waals surface area (Å²) in [4.78, 5) is 35.1. The number of amides is 1. The van der Waals surface area contributed by atoms with Gasteiger partial charge in [0.15, 0.2) is 5.13 Å². The number of carbonyl (C=O) groups excluding carboxylic acids is 1. The second-order valence-corrected chi connectivity index (χ2v) is 7.48. The zero-order valence-electron chi connectivity index (χ0n) is 15.4. The van der Waals surface area contributed by atoms with Crippen LogP contribution in [0.15, 0.2) is 82.0 Å². The van der Waals surface area contributed by atoms with Crippen molar-refractivity contribution in [3.8, 4) is 0 Å². The van der Waals surface area contributed by atoms with Crippen LogP contribution in [0.4, 0.5) is 5.13 Å². The van der Waals surface area contributed by atoms with E-state index < -0.39 is 5.97 Å². The van der Waals surface area contributed by atoms with Crippen LogP contribution in [0.5, 0.6) is 0 Å². The van der Waals surface area contributed by atoms with Crippen LogP contribution in [0.2, 0.25) is 0 Å². The Morgan fingerprint density at radius 2 is 1.93 bits per heavy atom. The fourth-order valence-corrected chi connectivity index (χ4v) is 4.13. The maximum absolute atomic E-state index is 13.2. The Labute approximate surface area is 174 Å². The Morgan fingerprint density at radius 3 is 2.67 bits per heavy atom. The van der Waals surface area contributed by atoms with Crippen LogP contribution in [0.25, 0.3) is 16.3 Å². The summed E-state index contributed by atoms with van der Waals surface area (Å²) in [5, 5.41) is 9.66. The van der Waals surface area contributed by atoms with Gasteiger partial charge in [-0.2, -0.15) is 0 Å². The molecule has 0 radical (unpaired) electrons. The van der Waals surface area contributed by atoms with E-state index in [1.54, 1.807) is 30.3 Å². The largest absolute Gasteiger partial charge is 0.478 e. The van der Waals surface area contributed by atoms with Crippen LogP contribution in [-0.4, -0.2) is 27.8 Å². The number of amidine groups is 1. The maximum atomic E-state index is 13.2. The van der Waals surface area contributed by atoms with Crippen LogP contribution in [0.1, 0.15) is 21.7 Å².